The molecule has 4 aromatic rings. The number of piperazine rings is 1. The number of tetrazole rings is 1. The highest BCUT2D eigenvalue weighted by molar-refractivity contribution is 5.80. The monoisotopic (exact) mass is 501 g/mol. The summed E-state index contributed by atoms with van der Waals surface area (Å²) in [5.41, 5.74) is 3.18. The van der Waals surface area contributed by atoms with Crippen LogP contribution in [0.2, 0.25) is 0 Å². The minimum atomic E-state index is -0.392. The maximum atomic E-state index is 14.5. The molecular weight excluding hydrogens is 469 g/mol. The normalized spacial score (nSPS) is 18.1. The standard InChI is InChI=1S/C28H32FN7O/c1-2-19-11-12-24-20(17-19)18-22(28(37)30-24)26(27-31-32-33-36(27)21-7-3-4-8-21)35-15-13-34(14-16-35)25-10-6-5-9-23(25)29/h5-6,9-12,17-18,21,26H,2-4,7-8,13-16H2,1H3,(H,30,37)/t26-/m1/s1. The Hall–Kier alpha value is -3.59. The summed E-state index contributed by atoms with van der Waals surface area (Å²) in [7, 11) is 0. The van der Waals surface area contributed by atoms with Gasteiger partial charge in [0.1, 0.15) is 11.9 Å². The molecule has 1 saturated carbocycles. The summed E-state index contributed by atoms with van der Waals surface area (Å²) in [4.78, 5) is 21.0. The van der Waals surface area contributed by atoms with Crippen LogP contribution in [-0.2, 0) is 6.42 Å². The Bertz CT molecular complexity index is 1450. The quantitative estimate of drug-likeness (QED) is 0.426. The highest BCUT2D eigenvalue weighted by Gasteiger charge is 2.35. The van der Waals surface area contributed by atoms with Gasteiger partial charge < -0.3 is 9.88 Å². The number of nitrogens with zero attached hydrogens (tertiary/aromatic N) is 6. The van der Waals surface area contributed by atoms with Gasteiger partial charge in [0.05, 0.1) is 11.7 Å². The number of H-pyrrole nitrogens is 1. The molecule has 2 fully saturated rings. The maximum Gasteiger partial charge on any atom is 0.253 e. The zero-order chi connectivity index (χ0) is 25.4. The van der Waals surface area contributed by atoms with Gasteiger partial charge in [0.15, 0.2) is 5.82 Å². The van der Waals surface area contributed by atoms with E-state index in [1.807, 2.05) is 28.9 Å². The molecule has 0 unspecified atom stereocenters. The van der Waals surface area contributed by atoms with Gasteiger partial charge in [0, 0.05) is 37.3 Å². The Morgan fingerprint density at radius 3 is 2.59 bits per heavy atom. The number of aryl methyl sites for hydroxylation is 1. The number of benzene rings is 2. The molecule has 1 aliphatic heterocycles. The predicted octanol–water partition coefficient (Wildman–Crippen LogP) is 4.24. The van der Waals surface area contributed by atoms with Crippen molar-refractivity contribution in [2.45, 2.75) is 51.1 Å². The summed E-state index contributed by atoms with van der Waals surface area (Å²) < 4.78 is 16.4. The predicted molar refractivity (Wildman–Crippen MR) is 141 cm³/mol. The van der Waals surface area contributed by atoms with Crippen LogP contribution in [0.4, 0.5) is 10.1 Å². The Morgan fingerprint density at radius 2 is 1.84 bits per heavy atom. The molecule has 1 N–H and O–H groups in total. The van der Waals surface area contributed by atoms with Crippen molar-refractivity contribution in [1.29, 1.82) is 0 Å². The lowest BCUT2D eigenvalue weighted by Gasteiger charge is -2.39. The molecule has 0 amide bonds. The topological polar surface area (TPSA) is 82.9 Å². The van der Waals surface area contributed by atoms with Crippen LogP contribution >= 0.6 is 0 Å². The molecule has 0 bridgehead atoms. The lowest BCUT2D eigenvalue weighted by atomic mass is 10.0. The lowest BCUT2D eigenvalue weighted by molar-refractivity contribution is 0.196. The van der Waals surface area contributed by atoms with E-state index >= 15 is 0 Å². The first kappa shape index (κ1) is 23.8. The number of anilines is 1. The first-order valence-corrected chi connectivity index (χ1v) is 13.3. The number of hydrogen-bond donors (Lipinski definition) is 1. The third-order valence-corrected chi connectivity index (χ3v) is 7.95. The number of aromatic nitrogens is 5. The van der Waals surface area contributed by atoms with E-state index in [2.05, 4.69) is 49.4 Å². The van der Waals surface area contributed by atoms with Crippen molar-refractivity contribution in [1.82, 2.24) is 30.1 Å². The number of aromatic amines is 1. The molecule has 1 atom stereocenters. The Kier molecular flexibility index (Phi) is 6.46. The largest absolute Gasteiger partial charge is 0.367 e. The van der Waals surface area contributed by atoms with Crippen LogP contribution in [0.3, 0.4) is 0 Å². The van der Waals surface area contributed by atoms with E-state index in [0.717, 1.165) is 43.0 Å². The van der Waals surface area contributed by atoms with Crippen LogP contribution in [0.15, 0.2) is 53.3 Å². The Morgan fingerprint density at radius 1 is 1.05 bits per heavy atom. The van der Waals surface area contributed by atoms with E-state index in [0.29, 0.717) is 43.3 Å². The van der Waals surface area contributed by atoms with Crippen LogP contribution in [-0.4, -0.2) is 56.3 Å². The summed E-state index contributed by atoms with van der Waals surface area (Å²) in [6.07, 6.45) is 5.32. The van der Waals surface area contributed by atoms with E-state index in [1.165, 1.54) is 11.6 Å². The number of nitrogens with one attached hydrogen (secondary N) is 1. The molecule has 2 aromatic heterocycles. The number of hydrogen-bond acceptors (Lipinski definition) is 6. The minimum Gasteiger partial charge on any atom is -0.367 e. The molecule has 1 aliphatic carbocycles. The van der Waals surface area contributed by atoms with Gasteiger partial charge in [-0.2, -0.15) is 0 Å². The number of pyridine rings is 1. The highest BCUT2D eigenvalue weighted by atomic mass is 19.1. The van der Waals surface area contributed by atoms with Gasteiger partial charge in [-0.15, -0.1) is 5.10 Å². The van der Waals surface area contributed by atoms with Crippen LogP contribution in [0.5, 0.6) is 0 Å². The average molecular weight is 502 g/mol. The number of rotatable bonds is 6. The molecular formula is C28H32FN7O. The van der Waals surface area contributed by atoms with Crippen molar-refractivity contribution in [3.8, 4) is 0 Å². The van der Waals surface area contributed by atoms with Crippen LogP contribution in [0, 0.1) is 5.82 Å². The summed E-state index contributed by atoms with van der Waals surface area (Å²) >= 11 is 0. The minimum absolute atomic E-state index is 0.126. The second kappa shape index (κ2) is 10.0. The molecule has 2 aromatic carbocycles. The molecule has 37 heavy (non-hydrogen) atoms. The summed E-state index contributed by atoms with van der Waals surface area (Å²) in [6, 6.07) is 14.9. The Labute approximate surface area is 215 Å². The fraction of sp³-hybridized carbons (Fsp3) is 0.429. The van der Waals surface area contributed by atoms with Crippen LogP contribution in [0.1, 0.15) is 61.6 Å². The molecule has 6 rings (SSSR count). The second-order valence-electron chi connectivity index (χ2n) is 10.1. The molecule has 192 valence electrons. The molecule has 0 spiro atoms. The smallest absolute Gasteiger partial charge is 0.253 e. The van der Waals surface area contributed by atoms with Crippen molar-refractivity contribution in [2.24, 2.45) is 0 Å². The van der Waals surface area contributed by atoms with Gasteiger partial charge in [-0.05, 0) is 71.0 Å². The van der Waals surface area contributed by atoms with Crippen LogP contribution < -0.4 is 10.5 Å². The van der Waals surface area contributed by atoms with Crippen molar-refractivity contribution in [2.75, 3.05) is 31.1 Å². The zero-order valence-electron chi connectivity index (χ0n) is 21.1. The van der Waals surface area contributed by atoms with Gasteiger partial charge in [0.2, 0.25) is 0 Å². The summed E-state index contributed by atoms with van der Waals surface area (Å²) in [5.74, 6) is 0.498. The molecule has 9 heteroatoms. The van der Waals surface area contributed by atoms with Gasteiger partial charge in [-0.3, -0.25) is 9.69 Å². The van der Waals surface area contributed by atoms with Crippen LogP contribution in [0.25, 0.3) is 10.9 Å². The fourth-order valence-electron chi connectivity index (χ4n) is 5.91. The van der Waals surface area contributed by atoms with E-state index in [1.54, 1.807) is 6.07 Å². The summed E-state index contributed by atoms with van der Waals surface area (Å²) in [6.45, 7) is 4.73. The second-order valence-corrected chi connectivity index (χ2v) is 10.1. The fourth-order valence-corrected chi connectivity index (χ4v) is 5.91. The zero-order valence-corrected chi connectivity index (χ0v) is 21.1. The highest BCUT2D eigenvalue weighted by Crippen LogP contribution is 2.34. The van der Waals surface area contributed by atoms with Gasteiger partial charge >= 0.3 is 0 Å². The first-order chi connectivity index (χ1) is 18.1. The molecule has 1 saturated heterocycles. The van der Waals surface area contributed by atoms with Crippen molar-refractivity contribution in [3.05, 3.63) is 81.7 Å². The molecule has 0 radical (unpaired) electrons. The van der Waals surface area contributed by atoms with E-state index in [9.17, 15) is 9.18 Å². The van der Waals surface area contributed by atoms with Crippen molar-refractivity contribution < 1.29 is 4.39 Å². The van der Waals surface area contributed by atoms with E-state index in [-0.39, 0.29) is 17.4 Å². The van der Waals surface area contributed by atoms with Gasteiger partial charge in [-0.1, -0.05) is 38.0 Å². The third-order valence-electron chi connectivity index (χ3n) is 7.95. The number of para-hydroxylation sites is 1. The Balaban J connectivity index is 1.40. The molecule has 3 heterocycles. The molecule has 8 nitrogen and oxygen atoms in total. The van der Waals surface area contributed by atoms with E-state index in [4.69, 9.17) is 0 Å². The SMILES string of the molecule is CCc1ccc2[nH]c(=O)c([C@H](c3nnnn3C3CCCC3)N3CCN(c4ccccc4F)CC3)cc2c1. The van der Waals surface area contributed by atoms with Crippen molar-refractivity contribution >= 4 is 16.6 Å². The molecule has 2 aliphatic rings. The van der Waals surface area contributed by atoms with E-state index < -0.39 is 6.04 Å². The third kappa shape index (κ3) is 4.52. The number of halogens is 1. The lowest BCUT2D eigenvalue weighted by Crippen LogP contribution is -2.49. The first-order valence-electron chi connectivity index (χ1n) is 13.3. The van der Waals surface area contributed by atoms with Gasteiger partial charge in [-0.25, -0.2) is 9.07 Å². The summed E-state index contributed by atoms with van der Waals surface area (Å²) in [5, 5.41) is 14.0. The van der Waals surface area contributed by atoms with Gasteiger partial charge in [0.25, 0.3) is 5.56 Å². The number of fused-ring (bicyclic) bond motifs is 1. The maximum absolute atomic E-state index is 14.5. The average Bonchev–Trinajstić information content (AvgIpc) is 3.62. The van der Waals surface area contributed by atoms with Crippen molar-refractivity contribution in [3.63, 3.8) is 0 Å².